The maximum absolute atomic E-state index is 12.4. The summed E-state index contributed by atoms with van der Waals surface area (Å²) in [5.74, 6) is 0.00468. The lowest BCUT2D eigenvalue weighted by atomic mass is 10.2. The van der Waals surface area contributed by atoms with Gasteiger partial charge in [0.2, 0.25) is 0 Å². The summed E-state index contributed by atoms with van der Waals surface area (Å²) in [7, 11) is -4.46. The molecule has 0 atom stereocenters. The lowest BCUT2D eigenvalue weighted by Crippen LogP contribution is -2.03. The molecule has 1 aromatic carbocycles. The maximum Gasteiger partial charge on any atom is 0.298 e. The van der Waals surface area contributed by atoms with Crippen LogP contribution in [0.1, 0.15) is 5.56 Å². The zero-order valence-electron chi connectivity index (χ0n) is 7.38. The van der Waals surface area contributed by atoms with Crippen molar-refractivity contribution in [2.45, 2.75) is 11.6 Å². The lowest BCUT2D eigenvalue weighted by molar-refractivity contribution is -0.120. The Morgan fingerprint density at radius 1 is 1.47 bits per heavy atom. The number of hydrogen-bond acceptors (Lipinski definition) is 4. The molecule has 0 aromatic heterocycles. The van der Waals surface area contributed by atoms with Gasteiger partial charge in [-0.05, 0) is 18.2 Å². The van der Waals surface area contributed by atoms with Crippen molar-refractivity contribution < 1.29 is 26.9 Å². The van der Waals surface area contributed by atoms with Gasteiger partial charge in [-0.1, -0.05) is 0 Å². The smallest absolute Gasteiger partial charge is 0.298 e. The first-order chi connectivity index (χ1) is 6.99. The summed E-state index contributed by atoms with van der Waals surface area (Å²) < 4.78 is 47.0. The summed E-state index contributed by atoms with van der Waals surface area (Å²) in [5.41, 5.74) is -0.267. The number of carbonyl (C=O) groups is 1. The van der Waals surface area contributed by atoms with Gasteiger partial charge in [-0.15, -0.1) is 0 Å². The second kappa shape index (κ2) is 4.37. The fraction of sp³-hybridized carbons (Fsp3) is 0.125. The topological polar surface area (TPSA) is 80.7 Å². The Labute approximate surface area is 85.2 Å². The molecule has 0 amide bonds. The Bertz CT molecular complexity index is 468. The van der Waals surface area contributed by atoms with Crippen LogP contribution < -0.4 is 4.74 Å². The summed E-state index contributed by atoms with van der Waals surface area (Å²) in [5, 5.41) is 0. The minimum absolute atomic E-state index is 0.00468. The van der Waals surface area contributed by atoms with Crippen molar-refractivity contribution in [2.24, 2.45) is 0 Å². The quantitative estimate of drug-likeness (QED) is 0.619. The number of alkyl halides is 1. The standard InChI is InChI=1S/C8H7FO5S/c9-4-6-3-7(14-5-10)1-2-8(6)15(11,12)13/h1-3,5H,4H2,(H,11,12,13). The van der Waals surface area contributed by atoms with Gasteiger partial charge in [0.1, 0.15) is 12.4 Å². The van der Waals surface area contributed by atoms with E-state index in [2.05, 4.69) is 4.74 Å². The summed E-state index contributed by atoms with van der Waals surface area (Å²) in [6.45, 7) is -0.963. The number of halogens is 1. The fourth-order valence-electron chi connectivity index (χ4n) is 1.04. The average molecular weight is 234 g/mol. The molecule has 0 fully saturated rings. The minimum atomic E-state index is -4.46. The third-order valence-electron chi connectivity index (χ3n) is 1.64. The van der Waals surface area contributed by atoms with Crippen LogP contribution in [0.5, 0.6) is 5.75 Å². The molecule has 0 saturated carbocycles. The normalized spacial score (nSPS) is 11.1. The first-order valence-corrected chi connectivity index (χ1v) is 5.19. The third-order valence-corrected chi connectivity index (χ3v) is 2.59. The average Bonchev–Trinajstić information content (AvgIpc) is 2.16. The van der Waals surface area contributed by atoms with Gasteiger partial charge in [0.15, 0.2) is 0 Å². The SMILES string of the molecule is O=COc1ccc(S(=O)(=O)O)c(CF)c1. The summed E-state index contributed by atoms with van der Waals surface area (Å²) in [4.78, 5) is 9.43. The van der Waals surface area contributed by atoms with E-state index in [0.717, 1.165) is 18.2 Å². The first-order valence-electron chi connectivity index (χ1n) is 3.75. The van der Waals surface area contributed by atoms with Gasteiger partial charge >= 0.3 is 0 Å². The van der Waals surface area contributed by atoms with E-state index >= 15 is 0 Å². The summed E-state index contributed by atoms with van der Waals surface area (Å²) in [6.07, 6.45) is 0. The van der Waals surface area contributed by atoms with Gasteiger partial charge in [0.25, 0.3) is 16.6 Å². The van der Waals surface area contributed by atoms with Gasteiger partial charge in [-0.25, -0.2) is 4.39 Å². The van der Waals surface area contributed by atoms with E-state index in [1.807, 2.05) is 0 Å². The van der Waals surface area contributed by atoms with Crippen LogP contribution in [0.25, 0.3) is 0 Å². The van der Waals surface area contributed by atoms with Crippen LogP contribution in [0.3, 0.4) is 0 Å². The largest absolute Gasteiger partial charge is 0.429 e. The first kappa shape index (κ1) is 11.6. The lowest BCUT2D eigenvalue weighted by Gasteiger charge is -2.05. The maximum atomic E-state index is 12.4. The van der Waals surface area contributed by atoms with Crippen molar-refractivity contribution >= 4 is 16.6 Å². The molecule has 82 valence electrons. The predicted octanol–water partition coefficient (Wildman–Crippen LogP) is 0.938. The molecule has 0 spiro atoms. The van der Waals surface area contributed by atoms with E-state index in [4.69, 9.17) is 4.55 Å². The number of ether oxygens (including phenoxy) is 1. The highest BCUT2D eigenvalue weighted by molar-refractivity contribution is 7.85. The van der Waals surface area contributed by atoms with Crippen LogP contribution in [-0.2, 0) is 21.6 Å². The zero-order chi connectivity index (χ0) is 11.5. The molecule has 0 aliphatic rings. The minimum Gasteiger partial charge on any atom is -0.429 e. The second-order valence-corrected chi connectivity index (χ2v) is 3.98. The Hall–Kier alpha value is -1.47. The van der Waals surface area contributed by atoms with Gasteiger partial charge < -0.3 is 4.74 Å². The monoisotopic (exact) mass is 234 g/mol. The van der Waals surface area contributed by atoms with Gasteiger partial charge in [0.05, 0.1) is 4.90 Å². The third kappa shape index (κ3) is 2.74. The molecular weight excluding hydrogens is 227 g/mol. The van der Waals surface area contributed by atoms with Crippen molar-refractivity contribution in [3.63, 3.8) is 0 Å². The Morgan fingerprint density at radius 3 is 2.60 bits per heavy atom. The van der Waals surface area contributed by atoms with E-state index in [1.54, 1.807) is 0 Å². The Morgan fingerprint density at radius 2 is 2.13 bits per heavy atom. The van der Waals surface area contributed by atoms with Crippen LogP contribution in [0, 0.1) is 0 Å². The fourth-order valence-corrected chi connectivity index (χ4v) is 1.73. The van der Waals surface area contributed by atoms with E-state index in [-0.39, 0.29) is 17.8 Å². The van der Waals surface area contributed by atoms with Crippen molar-refractivity contribution in [1.82, 2.24) is 0 Å². The van der Waals surface area contributed by atoms with E-state index in [1.165, 1.54) is 0 Å². The van der Waals surface area contributed by atoms with Gasteiger partial charge in [-0.3, -0.25) is 9.35 Å². The molecule has 0 saturated heterocycles. The predicted molar refractivity (Wildman–Crippen MR) is 47.8 cm³/mol. The van der Waals surface area contributed by atoms with Crippen molar-refractivity contribution in [3.8, 4) is 5.75 Å². The van der Waals surface area contributed by atoms with Crippen LogP contribution in [0.15, 0.2) is 23.1 Å². The highest BCUT2D eigenvalue weighted by Gasteiger charge is 2.15. The number of hydrogen-bond donors (Lipinski definition) is 1. The Balaban J connectivity index is 3.27. The molecule has 1 rings (SSSR count). The number of benzene rings is 1. The molecule has 0 unspecified atom stereocenters. The van der Waals surface area contributed by atoms with Crippen molar-refractivity contribution in [1.29, 1.82) is 0 Å². The van der Waals surface area contributed by atoms with E-state index < -0.39 is 21.7 Å². The second-order valence-electron chi connectivity index (χ2n) is 2.59. The highest BCUT2D eigenvalue weighted by Crippen LogP contribution is 2.22. The zero-order valence-corrected chi connectivity index (χ0v) is 8.20. The van der Waals surface area contributed by atoms with Crippen molar-refractivity contribution in [3.05, 3.63) is 23.8 Å². The van der Waals surface area contributed by atoms with Crippen LogP contribution in [0.2, 0.25) is 0 Å². The molecule has 0 bridgehead atoms. The molecule has 0 aliphatic carbocycles. The molecule has 0 radical (unpaired) electrons. The number of carbonyl (C=O) groups excluding carboxylic acids is 1. The molecule has 0 heterocycles. The molecule has 15 heavy (non-hydrogen) atoms. The summed E-state index contributed by atoms with van der Waals surface area (Å²) in [6, 6.07) is 3.12. The molecular formula is C8H7FO5S. The van der Waals surface area contributed by atoms with Crippen LogP contribution in [-0.4, -0.2) is 19.4 Å². The van der Waals surface area contributed by atoms with Gasteiger partial charge in [-0.2, -0.15) is 8.42 Å². The number of rotatable bonds is 4. The van der Waals surface area contributed by atoms with E-state index in [0.29, 0.717) is 0 Å². The Kier molecular flexibility index (Phi) is 3.38. The molecule has 5 nitrogen and oxygen atoms in total. The summed E-state index contributed by atoms with van der Waals surface area (Å²) >= 11 is 0. The highest BCUT2D eigenvalue weighted by atomic mass is 32.2. The molecule has 1 aromatic rings. The van der Waals surface area contributed by atoms with Crippen LogP contribution in [0.4, 0.5) is 4.39 Å². The molecule has 1 N–H and O–H groups in total. The molecule has 7 heteroatoms. The van der Waals surface area contributed by atoms with Crippen molar-refractivity contribution in [2.75, 3.05) is 0 Å². The van der Waals surface area contributed by atoms with Gasteiger partial charge in [0, 0.05) is 5.56 Å². The van der Waals surface area contributed by atoms with Crippen LogP contribution >= 0.6 is 0 Å². The van der Waals surface area contributed by atoms with E-state index in [9.17, 15) is 17.6 Å². The molecule has 0 aliphatic heterocycles.